The van der Waals surface area contributed by atoms with Gasteiger partial charge in [0.05, 0.1) is 11.6 Å². The highest BCUT2D eigenvalue weighted by molar-refractivity contribution is 5.64. The first-order valence-corrected chi connectivity index (χ1v) is 7.34. The van der Waals surface area contributed by atoms with E-state index < -0.39 is 0 Å². The van der Waals surface area contributed by atoms with Gasteiger partial charge in [0.2, 0.25) is 0 Å². The summed E-state index contributed by atoms with van der Waals surface area (Å²) in [6.07, 6.45) is 5.29. The molecule has 1 aliphatic heterocycles. The van der Waals surface area contributed by atoms with Gasteiger partial charge in [0.1, 0.15) is 0 Å². The summed E-state index contributed by atoms with van der Waals surface area (Å²) in [6, 6.07) is 9.07. The largest absolute Gasteiger partial charge is 0.337 e. The van der Waals surface area contributed by atoms with Crippen LogP contribution in [0.3, 0.4) is 0 Å². The van der Waals surface area contributed by atoms with Crippen LogP contribution < -0.4 is 16.2 Å². The molecule has 3 rings (SSSR count). The molecule has 0 amide bonds. The fraction of sp³-hybridized carbons (Fsp3) is 0.118. The van der Waals surface area contributed by atoms with Crippen LogP contribution in [0.1, 0.15) is 5.56 Å². The van der Waals surface area contributed by atoms with Crippen molar-refractivity contribution in [3.05, 3.63) is 66.1 Å². The molecule has 2 aromatic rings. The third-order valence-corrected chi connectivity index (χ3v) is 3.69. The fourth-order valence-corrected chi connectivity index (χ4v) is 2.37. The van der Waals surface area contributed by atoms with E-state index in [9.17, 15) is 0 Å². The Balaban J connectivity index is 1.88. The van der Waals surface area contributed by atoms with Crippen molar-refractivity contribution in [2.45, 2.75) is 0 Å². The zero-order valence-electron chi connectivity index (χ0n) is 13.2. The number of hydrazine groups is 1. The second kappa shape index (κ2) is 6.40. The van der Waals surface area contributed by atoms with Gasteiger partial charge in [-0.3, -0.25) is 9.98 Å². The Morgan fingerprint density at radius 2 is 2.17 bits per heavy atom. The van der Waals surface area contributed by atoms with Crippen molar-refractivity contribution in [2.75, 3.05) is 18.9 Å². The number of hydrogen-bond donors (Lipinski definition) is 3. The first-order valence-electron chi connectivity index (χ1n) is 7.34. The highest BCUT2D eigenvalue weighted by Gasteiger charge is 2.14. The highest BCUT2D eigenvalue weighted by Crippen LogP contribution is 2.17. The first-order chi connectivity index (χ1) is 11.6. The molecular formula is C17H17N7. The lowest BCUT2D eigenvalue weighted by Gasteiger charge is -2.13. The Bertz CT molecular complexity index is 900. The minimum absolute atomic E-state index is 0.210. The molecule has 0 atom stereocenters. The quantitative estimate of drug-likeness (QED) is 0.799. The average Bonchev–Trinajstić information content (AvgIpc) is 3.03. The number of aromatic nitrogens is 2. The molecule has 1 aromatic heterocycles. The van der Waals surface area contributed by atoms with Gasteiger partial charge in [-0.05, 0) is 24.3 Å². The molecule has 3 N–H and O–H groups in total. The molecule has 0 radical (unpaired) electrons. The fourth-order valence-electron chi connectivity index (χ4n) is 2.37. The van der Waals surface area contributed by atoms with Crippen LogP contribution in [-0.4, -0.2) is 28.2 Å². The summed E-state index contributed by atoms with van der Waals surface area (Å²) in [4.78, 5) is 4.23. The first kappa shape index (κ1) is 15.5. The molecule has 0 spiro atoms. The molecule has 120 valence electrons. The van der Waals surface area contributed by atoms with E-state index in [1.165, 1.54) is 0 Å². The monoisotopic (exact) mass is 319 g/mol. The predicted molar refractivity (Wildman–Crippen MR) is 91.7 cm³/mol. The van der Waals surface area contributed by atoms with Crippen molar-refractivity contribution >= 4 is 17.2 Å². The summed E-state index contributed by atoms with van der Waals surface area (Å²) in [7, 11) is 1.91. The van der Waals surface area contributed by atoms with Crippen LogP contribution >= 0.6 is 0 Å². The summed E-state index contributed by atoms with van der Waals surface area (Å²) in [5.41, 5.74) is 6.44. The van der Waals surface area contributed by atoms with E-state index >= 15 is 0 Å². The van der Waals surface area contributed by atoms with Crippen molar-refractivity contribution in [3.8, 4) is 6.07 Å². The lowest BCUT2D eigenvalue weighted by Crippen LogP contribution is -2.25. The average molecular weight is 319 g/mol. The van der Waals surface area contributed by atoms with Gasteiger partial charge in [0, 0.05) is 49.1 Å². The van der Waals surface area contributed by atoms with Crippen molar-refractivity contribution in [2.24, 2.45) is 0 Å². The number of hydrogen-bond acceptors (Lipinski definition) is 6. The molecule has 7 heteroatoms. The van der Waals surface area contributed by atoms with E-state index in [4.69, 9.17) is 10.7 Å². The molecule has 1 aliphatic rings. The summed E-state index contributed by atoms with van der Waals surface area (Å²) in [5, 5.41) is 22.2. The van der Waals surface area contributed by atoms with Gasteiger partial charge < -0.3 is 10.3 Å². The Morgan fingerprint density at radius 1 is 1.42 bits per heavy atom. The van der Waals surface area contributed by atoms with Crippen LogP contribution in [0.5, 0.6) is 0 Å². The predicted octanol–water partition coefficient (Wildman–Crippen LogP) is 1.78. The molecule has 2 heterocycles. The van der Waals surface area contributed by atoms with Crippen molar-refractivity contribution in [1.82, 2.24) is 20.0 Å². The van der Waals surface area contributed by atoms with Crippen molar-refractivity contribution < 1.29 is 0 Å². The van der Waals surface area contributed by atoms with Crippen LogP contribution in [0.25, 0.3) is 5.70 Å². The van der Waals surface area contributed by atoms with Crippen LogP contribution in [0.2, 0.25) is 0 Å². The molecular weight excluding hydrogens is 302 g/mol. The second-order valence-corrected chi connectivity index (χ2v) is 5.36. The maximum Gasteiger partial charge on any atom is 0.173 e. The minimum Gasteiger partial charge on any atom is -0.337 e. The SMILES string of the molecule is C=C(C1=CN(C)NC1)n1ccnc(Nc2ccc(C#N)cc2)c1=N. The van der Waals surface area contributed by atoms with E-state index in [0.717, 1.165) is 17.0 Å². The van der Waals surface area contributed by atoms with Crippen LogP contribution in [0.15, 0.2) is 55.0 Å². The van der Waals surface area contributed by atoms with Gasteiger partial charge in [-0.25, -0.2) is 10.4 Å². The van der Waals surface area contributed by atoms with Gasteiger partial charge in [0.25, 0.3) is 0 Å². The van der Waals surface area contributed by atoms with Crippen LogP contribution in [0, 0.1) is 16.7 Å². The molecule has 24 heavy (non-hydrogen) atoms. The van der Waals surface area contributed by atoms with Gasteiger partial charge in [0.15, 0.2) is 11.3 Å². The molecule has 0 aliphatic carbocycles. The number of anilines is 2. The second-order valence-electron chi connectivity index (χ2n) is 5.36. The Labute approximate surface area is 139 Å². The number of benzene rings is 1. The van der Waals surface area contributed by atoms with E-state index in [0.29, 0.717) is 17.9 Å². The summed E-state index contributed by atoms with van der Waals surface area (Å²) in [6.45, 7) is 4.76. The van der Waals surface area contributed by atoms with E-state index in [2.05, 4.69) is 28.4 Å². The molecule has 7 nitrogen and oxygen atoms in total. The maximum atomic E-state index is 8.84. The Hall–Kier alpha value is -3.37. The number of nitrogens with zero attached hydrogens (tertiary/aromatic N) is 4. The number of nitriles is 1. The van der Waals surface area contributed by atoms with Gasteiger partial charge >= 0.3 is 0 Å². The molecule has 0 unspecified atom stereocenters. The Kier molecular flexibility index (Phi) is 4.14. The standard InChI is InChI=1S/C17H17N7/c1-12(14-10-21-23(2)11-14)24-8-7-20-17(16(24)19)22-15-5-3-13(9-18)4-6-15/h3-8,11,19,21H,1,10H2,2H3,(H,20,22). The Morgan fingerprint density at radius 3 is 2.79 bits per heavy atom. The van der Waals surface area contributed by atoms with E-state index in [-0.39, 0.29) is 5.49 Å². The molecule has 0 saturated carbocycles. The lowest BCUT2D eigenvalue weighted by atomic mass is 10.2. The summed E-state index contributed by atoms with van der Waals surface area (Å²) >= 11 is 0. The molecule has 0 fully saturated rings. The van der Waals surface area contributed by atoms with Crippen LogP contribution in [-0.2, 0) is 0 Å². The highest BCUT2D eigenvalue weighted by atomic mass is 15.5. The zero-order chi connectivity index (χ0) is 17.1. The molecule has 1 aromatic carbocycles. The maximum absolute atomic E-state index is 8.84. The van der Waals surface area contributed by atoms with Crippen molar-refractivity contribution in [3.63, 3.8) is 0 Å². The smallest absolute Gasteiger partial charge is 0.173 e. The molecule has 0 saturated heterocycles. The third-order valence-electron chi connectivity index (χ3n) is 3.69. The third kappa shape index (κ3) is 3.04. The zero-order valence-corrected chi connectivity index (χ0v) is 13.2. The molecule has 0 bridgehead atoms. The normalized spacial score (nSPS) is 13.3. The van der Waals surface area contributed by atoms with E-state index in [1.54, 1.807) is 41.2 Å². The van der Waals surface area contributed by atoms with Crippen molar-refractivity contribution in [1.29, 1.82) is 10.7 Å². The number of nitrogens with one attached hydrogen (secondary N) is 3. The van der Waals surface area contributed by atoms with Gasteiger partial charge in [-0.15, -0.1) is 0 Å². The van der Waals surface area contributed by atoms with Crippen LogP contribution in [0.4, 0.5) is 11.5 Å². The topological polar surface area (TPSA) is 92.8 Å². The van der Waals surface area contributed by atoms with Gasteiger partial charge in [-0.1, -0.05) is 6.58 Å². The minimum atomic E-state index is 0.210. The van der Waals surface area contributed by atoms with E-state index in [1.807, 2.05) is 18.3 Å². The lowest BCUT2D eigenvalue weighted by molar-refractivity contribution is 0.374. The summed E-state index contributed by atoms with van der Waals surface area (Å²) in [5.74, 6) is 0.420. The summed E-state index contributed by atoms with van der Waals surface area (Å²) < 4.78 is 1.69. The van der Waals surface area contributed by atoms with Gasteiger partial charge in [-0.2, -0.15) is 5.26 Å². The number of rotatable bonds is 4.